The van der Waals surface area contributed by atoms with Crippen LogP contribution >= 0.6 is 0 Å². The minimum Gasteiger partial charge on any atom is -0.507 e. The quantitative estimate of drug-likeness (QED) is 0.0221. The molecule has 3 rings (SSSR count). The molecule has 12 heteroatoms. The predicted molar refractivity (Wildman–Crippen MR) is 283 cm³/mol. The van der Waals surface area contributed by atoms with Gasteiger partial charge < -0.3 is 33.5 Å². The number of allylic oxidation sites excluding steroid dienone is 2. The van der Waals surface area contributed by atoms with E-state index in [4.69, 9.17) is 28.4 Å². The lowest BCUT2D eigenvalue weighted by Gasteiger charge is -2.18. The molecule has 0 aliphatic carbocycles. The SMILES string of the molecule is CCCCCCCCCCCCCCCC(=O)OCC(COC(=O)CCCCCCCCCCCCCCC)OC(=O)Cc1ccc(OC(=O)CC/C(C)=C/Cc2c(O)c3c(c(C)c2OC)COC3=O)cc1. The average Bonchev–Trinajstić information content (AvgIpc) is 3.77. The second kappa shape index (κ2) is 37.8. The number of phenolic OH excluding ortho intramolecular Hbond substituents is 1. The minimum atomic E-state index is -0.953. The molecule has 0 bridgehead atoms. The van der Waals surface area contributed by atoms with Crippen molar-refractivity contribution >= 4 is 29.8 Å². The molecule has 1 aliphatic heterocycles. The van der Waals surface area contributed by atoms with E-state index in [9.17, 15) is 29.1 Å². The van der Waals surface area contributed by atoms with E-state index in [1.807, 2.05) is 19.9 Å². The third-order valence-corrected chi connectivity index (χ3v) is 13.7. The molecule has 0 saturated heterocycles. The van der Waals surface area contributed by atoms with Crippen molar-refractivity contribution in [2.24, 2.45) is 0 Å². The Morgan fingerprint density at radius 3 is 1.54 bits per heavy atom. The van der Waals surface area contributed by atoms with Gasteiger partial charge in [0.05, 0.1) is 13.5 Å². The Kier molecular flexibility index (Phi) is 32.3. The smallest absolute Gasteiger partial charge is 0.342 e. The summed E-state index contributed by atoms with van der Waals surface area (Å²) in [6.07, 6.45) is 33.7. The maximum absolute atomic E-state index is 13.2. The minimum absolute atomic E-state index is 0.0932. The van der Waals surface area contributed by atoms with Crippen LogP contribution in [0.2, 0.25) is 0 Å². The Labute approximate surface area is 433 Å². The maximum atomic E-state index is 13.2. The molecular weight excluding hydrogens is 913 g/mol. The van der Waals surface area contributed by atoms with Gasteiger partial charge in [-0.15, -0.1) is 0 Å². The number of fused-ring (bicyclic) bond motifs is 1. The Hall–Kier alpha value is -4.87. The monoisotopic (exact) mass is 1000 g/mol. The van der Waals surface area contributed by atoms with Gasteiger partial charge in [-0.1, -0.05) is 192 Å². The summed E-state index contributed by atoms with van der Waals surface area (Å²) in [5, 5.41) is 10.9. The zero-order valence-electron chi connectivity index (χ0n) is 45.2. The fourth-order valence-electron chi connectivity index (χ4n) is 9.16. The average molecular weight is 1010 g/mol. The molecule has 0 fully saturated rings. The number of ether oxygens (including phenoxy) is 6. The van der Waals surface area contributed by atoms with Crippen LogP contribution in [0.25, 0.3) is 0 Å². The van der Waals surface area contributed by atoms with E-state index >= 15 is 0 Å². The van der Waals surface area contributed by atoms with Gasteiger partial charge in [-0.05, 0) is 62.8 Å². The van der Waals surface area contributed by atoms with Crippen molar-refractivity contribution in [3.63, 3.8) is 0 Å². The van der Waals surface area contributed by atoms with Gasteiger partial charge in [0.2, 0.25) is 0 Å². The van der Waals surface area contributed by atoms with Crippen molar-refractivity contribution in [3.05, 3.63) is 63.7 Å². The number of aromatic hydroxyl groups is 1. The van der Waals surface area contributed by atoms with Crippen molar-refractivity contribution < 1.29 is 57.5 Å². The number of phenols is 1. The molecule has 2 aromatic rings. The second-order valence-corrected chi connectivity index (χ2v) is 19.9. The molecule has 1 aliphatic rings. The first-order valence-electron chi connectivity index (χ1n) is 28.0. The number of carbonyl (C=O) groups is 5. The fourth-order valence-corrected chi connectivity index (χ4v) is 9.16. The van der Waals surface area contributed by atoms with E-state index in [-0.39, 0.29) is 75.2 Å². The lowest BCUT2D eigenvalue weighted by Crippen LogP contribution is -2.31. The van der Waals surface area contributed by atoms with E-state index in [0.717, 1.165) is 49.7 Å². The molecule has 2 aromatic carbocycles. The van der Waals surface area contributed by atoms with Crippen LogP contribution in [0.5, 0.6) is 17.2 Å². The molecule has 0 saturated carbocycles. The molecule has 72 heavy (non-hydrogen) atoms. The highest BCUT2D eigenvalue weighted by molar-refractivity contribution is 5.98. The first kappa shape index (κ1) is 61.4. The number of benzene rings is 2. The number of carbonyl (C=O) groups excluding carboxylic acids is 5. The zero-order chi connectivity index (χ0) is 52.2. The molecule has 1 heterocycles. The normalized spacial score (nSPS) is 12.2. The molecular formula is C60H92O12. The van der Waals surface area contributed by atoms with Gasteiger partial charge in [0.25, 0.3) is 0 Å². The summed E-state index contributed by atoms with van der Waals surface area (Å²) in [6, 6.07) is 6.55. The van der Waals surface area contributed by atoms with Crippen LogP contribution in [-0.4, -0.2) is 61.4 Å². The Morgan fingerprint density at radius 2 is 1.08 bits per heavy atom. The first-order chi connectivity index (χ1) is 35.0. The van der Waals surface area contributed by atoms with Crippen LogP contribution in [0.1, 0.15) is 246 Å². The van der Waals surface area contributed by atoms with E-state index in [2.05, 4.69) is 13.8 Å². The van der Waals surface area contributed by atoms with Gasteiger partial charge in [-0.25, -0.2) is 4.79 Å². The van der Waals surface area contributed by atoms with Gasteiger partial charge in [0, 0.05) is 30.4 Å². The molecule has 0 unspecified atom stereocenters. The summed E-state index contributed by atoms with van der Waals surface area (Å²) < 4.78 is 33.1. The summed E-state index contributed by atoms with van der Waals surface area (Å²) in [4.78, 5) is 63.7. The van der Waals surface area contributed by atoms with E-state index in [1.54, 1.807) is 24.3 Å². The van der Waals surface area contributed by atoms with Crippen LogP contribution in [0.4, 0.5) is 0 Å². The number of hydrogen-bond acceptors (Lipinski definition) is 12. The number of esters is 5. The van der Waals surface area contributed by atoms with Crippen LogP contribution < -0.4 is 9.47 Å². The third kappa shape index (κ3) is 25.7. The van der Waals surface area contributed by atoms with Crippen molar-refractivity contribution in [2.45, 2.75) is 246 Å². The Bertz CT molecular complexity index is 1870. The zero-order valence-corrected chi connectivity index (χ0v) is 45.2. The second-order valence-electron chi connectivity index (χ2n) is 19.9. The van der Waals surface area contributed by atoms with Gasteiger partial charge >= 0.3 is 29.8 Å². The summed E-state index contributed by atoms with van der Waals surface area (Å²) in [5.74, 6) is -1.65. The molecule has 0 radical (unpaired) electrons. The lowest BCUT2D eigenvalue weighted by atomic mass is 9.94. The molecule has 0 atom stereocenters. The largest absolute Gasteiger partial charge is 0.507 e. The number of cyclic esters (lactones) is 1. The topological polar surface area (TPSA) is 161 Å². The number of hydrogen-bond donors (Lipinski definition) is 1. The van der Waals surface area contributed by atoms with E-state index in [1.165, 1.54) is 136 Å². The van der Waals surface area contributed by atoms with Crippen molar-refractivity contribution in [1.82, 2.24) is 0 Å². The maximum Gasteiger partial charge on any atom is 0.342 e. The van der Waals surface area contributed by atoms with Gasteiger partial charge in [-0.2, -0.15) is 0 Å². The standard InChI is InChI=1S/C60H92O12/c1-6-8-10-12-14-16-18-20-22-24-26-28-30-32-53(61)68-43-50(44-69-54(62)33-31-29-27-25-23-21-19-17-15-13-11-9-7-2)72-56(64)42-48-36-38-49(39-37-48)71-55(63)41-35-46(3)34-40-51-58(65)57-52(45-70-60(57)66)47(4)59(51)67-5/h34,36-39,50,65H,6-33,35,40-45H2,1-5H3/b46-34+. The molecule has 1 N–H and O–H groups in total. The molecule has 404 valence electrons. The highest BCUT2D eigenvalue weighted by Gasteiger charge is 2.32. The summed E-state index contributed by atoms with van der Waals surface area (Å²) in [6.45, 7) is 7.87. The van der Waals surface area contributed by atoms with Crippen molar-refractivity contribution in [2.75, 3.05) is 20.3 Å². The van der Waals surface area contributed by atoms with Crippen LogP contribution in [0, 0.1) is 6.92 Å². The van der Waals surface area contributed by atoms with Crippen LogP contribution in [0.3, 0.4) is 0 Å². The molecule has 0 amide bonds. The fraction of sp³-hybridized carbons (Fsp3) is 0.683. The lowest BCUT2D eigenvalue weighted by molar-refractivity contribution is -0.166. The van der Waals surface area contributed by atoms with Gasteiger partial charge in [-0.3, -0.25) is 19.2 Å². The summed E-state index contributed by atoms with van der Waals surface area (Å²) >= 11 is 0. The Balaban J connectivity index is 1.42. The third-order valence-electron chi connectivity index (χ3n) is 13.7. The summed E-state index contributed by atoms with van der Waals surface area (Å²) in [5.41, 5.74) is 3.52. The first-order valence-corrected chi connectivity index (χ1v) is 28.0. The molecule has 0 spiro atoms. The number of rotatable bonds is 42. The number of unbranched alkanes of at least 4 members (excludes halogenated alkanes) is 24. The van der Waals surface area contributed by atoms with E-state index in [0.29, 0.717) is 34.6 Å². The van der Waals surface area contributed by atoms with E-state index < -0.39 is 24.0 Å². The van der Waals surface area contributed by atoms with Gasteiger partial charge in [0.15, 0.2) is 6.10 Å². The van der Waals surface area contributed by atoms with Crippen LogP contribution in [0.15, 0.2) is 35.9 Å². The predicted octanol–water partition coefficient (Wildman–Crippen LogP) is 14.8. The molecule has 12 nitrogen and oxygen atoms in total. The van der Waals surface area contributed by atoms with Gasteiger partial charge in [0.1, 0.15) is 42.6 Å². The van der Waals surface area contributed by atoms with Crippen molar-refractivity contribution in [3.8, 4) is 17.2 Å². The highest BCUT2D eigenvalue weighted by atomic mass is 16.6. The number of methoxy groups -OCH3 is 1. The van der Waals surface area contributed by atoms with Crippen LogP contribution in [-0.2, 0) is 57.6 Å². The summed E-state index contributed by atoms with van der Waals surface area (Å²) in [7, 11) is 1.51. The molecule has 0 aromatic heterocycles. The van der Waals surface area contributed by atoms with Crippen molar-refractivity contribution in [1.29, 1.82) is 0 Å². The Morgan fingerprint density at radius 1 is 0.625 bits per heavy atom. The highest BCUT2D eigenvalue weighted by Crippen LogP contribution is 2.42.